The van der Waals surface area contributed by atoms with Gasteiger partial charge in [0, 0.05) is 5.69 Å². The standard InChI is InChI=1S/C19H22N2O3S/c1-4-24-18(22)15-5-9-16(10-6-15)21-19(25)20-13(2)14-7-11-17(23-3)12-8-14/h5-13H,4H2,1-3H3,(H2,20,21,25)/t13-/m1/s1. The van der Waals surface area contributed by atoms with Crippen molar-refractivity contribution < 1.29 is 14.3 Å². The van der Waals surface area contributed by atoms with Crippen molar-refractivity contribution in [1.82, 2.24) is 5.32 Å². The Kier molecular flexibility index (Phi) is 6.77. The summed E-state index contributed by atoms with van der Waals surface area (Å²) in [6.45, 7) is 4.16. The average Bonchev–Trinajstić information content (AvgIpc) is 2.62. The van der Waals surface area contributed by atoms with Gasteiger partial charge in [0.05, 0.1) is 25.3 Å². The first-order chi connectivity index (χ1) is 12.0. The molecule has 0 unspecified atom stereocenters. The summed E-state index contributed by atoms with van der Waals surface area (Å²) in [5.74, 6) is 0.487. The van der Waals surface area contributed by atoms with Crippen LogP contribution in [0.3, 0.4) is 0 Å². The Morgan fingerprint density at radius 2 is 1.76 bits per heavy atom. The zero-order valence-electron chi connectivity index (χ0n) is 14.5. The van der Waals surface area contributed by atoms with E-state index in [0.29, 0.717) is 17.3 Å². The lowest BCUT2D eigenvalue weighted by Crippen LogP contribution is -2.30. The molecule has 2 rings (SSSR count). The van der Waals surface area contributed by atoms with Crippen LogP contribution in [0.15, 0.2) is 48.5 Å². The minimum absolute atomic E-state index is 0.0460. The number of ether oxygens (including phenoxy) is 2. The lowest BCUT2D eigenvalue weighted by atomic mass is 10.1. The minimum atomic E-state index is -0.331. The van der Waals surface area contributed by atoms with Crippen molar-refractivity contribution in [3.63, 3.8) is 0 Å². The minimum Gasteiger partial charge on any atom is -0.497 e. The van der Waals surface area contributed by atoms with Gasteiger partial charge in [-0.15, -0.1) is 0 Å². The summed E-state index contributed by atoms with van der Waals surface area (Å²) >= 11 is 5.35. The molecule has 0 fully saturated rings. The van der Waals surface area contributed by atoms with Crippen LogP contribution in [0.5, 0.6) is 5.75 Å². The number of nitrogens with one attached hydrogen (secondary N) is 2. The number of hydrogen-bond acceptors (Lipinski definition) is 4. The highest BCUT2D eigenvalue weighted by molar-refractivity contribution is 7.80. The molecule has 2 N–H and O–H groups in total. The summed E-state index contributed by atoms with van der Waals surface area (Å²) in [7, 11) is 1.64. The van der Waals surface area contributed by atoms with Gasteiger partial charge in [0.25, 0.3) is 0 Å². The smallest absolute Gasteiger partial charge is 0.338 e. The van der Waals surface area contributed by atoms with E-state index < -0.39 is 0 Å². The number of thiocarbonyl (C=S) groups is 1. The van der Waals surface area contributed by atoms with Gasteiger partial charge in [-0.2, -0.15) is 0 Å². The van der Waals surface area contributed by atoms with E-state index in [0.717, 1.165) is 17.0 Å². The number of methoxy groups -OCH3 is 1. The quantitative estimate of drug-likeness (QED) is 0.603. The summed E-state index contributed by atoms with van der Waals surface area (Å²) in [5, 5.41) is 6.84. The predicted molar refractivity (Wildman–Crippen MR) is 103 cm³/mol. The van der Waals surface area contributed by atoms with Gasteiger partial charge in [0.1, 0.15) is 5.75 Å². The Bertz CT molecular complexity index is 714. The zero-order chi connectivity index (χ0) is 18.2. The van der Waals surface area contributed by atoms with Gasteiger partial charge in [-0.25, -0.2) is 4.79 Å². The van der Waals surface area contributed by atoms with Crippen molar-refractivity contribution in [2.75, 3.05) is 19.0 Å². The van der Waals surface area contributed by atoms with E-state index in [1.54, 1.807) is 38.3 Å². The van der Waals surface area contributed by atoms with E-state index in [9.17, 15) is 4.79 Å². The topological polar surface area (TPSA) is 59.6 Å². The molecule has 0 saturated heterocycles. The van der Waals surface area contributed by atoms with E-state index in [1.807, 2.05) is 31.2 Å². The van der Waals surface area contributed by atoms with Crippen LogP contribution < -0.4 is 15.4 Å². The number of carbonyl (C=O) groups is 1. The van der Waals surface area contributed by atoms with Crippen LogP contribution in [0.1, 0.15) is 35.8 Å². The van der Waals surface area contributed by atoms with E-state index in [2.05, 4.69) is 10.6 Å². The van der Waals surface area contributed by atoms with Gasteiger partial charge in [-0.1, -0.05) is 12.1 Å². The molecule has 0 aliphatic rings. The highest BCUT2D eigenvalue weighted by Crippen LogP contribution is 2.17. The number of rotatable bonds is 6. The van der Waals surface area contributed by atoms with Crippen LogP contribution in [0.4, 0.5) is 5.69 Å². The Hall–Kier alpha value is -2.60. The largest absolute Gasteiger partial charge is 0.497 e. The first-order valence-corrected chi connectivity index (χ1v) is 8.43. The van der Waals surface area contributed by atoms with Crippen LogP contribution in [-0.4, -0.2) is 24.8 Å². The second-order valence-electron chi connectivity index (χ2n) is 5.39. The molecule has 5 nitrogen and oxygen atoms in total. The van der Waals surface area contributed by atoms with E-state index in [1.165, 1.54) is 0 Å². The summed E-state index contributed by atoms with van der Waals surface area (Å²) in [6, 6.07) is 14.9. The van der Waals surface area contributed by atoms with Gasteiger partial charge in [-0.05, 0) is 68.0 Å². The Balaban J connectivity index is 1.91. The highest BCUT2D eigenvalue weighted by atomic mass is 32.1. The van der Waals surface area contributed by atoms with Gasteiger partial charge in [0.2, 0.25) is 0 Å². The molecule has 0 saturated carbocycles. The first kappa shape index (κ1) is 18.7. The second kappa shape index (κ2) is 9.03. The maximum absolute atomic E-state index is 11.6. The molecule has 0 aliphatic carbocycles. The summed E-state index contributed by atoms with van der Waals surface area (Å²) < 4.78 is 10.1. The fraction of sp³-hybridized carbons (Fsp3) is 0.263. The molecule has 2 aromatic rings. The molecule has 0 radical (unpaired) electrons. The van der Waals surface area contributed by atoms with Crippen molar-refractivity contribution in [1.29, 1.82) is 0 Å². The third kappa shape index (κ3) is 5.46. The molecule has 0 spiro atoms. The number of esters is 1. The fourth-order valence-corrected chi connectivity index (χ4v) is 2.54. The van der Waals surface area contributed by atoms with Gasteiger partial charge in [-0.3, -0.25) is 0 Å². The molecule has 25 heavy (non-hydrogen) atoms. The van der Waals surface area contributed by atoms with Crippen molar-refractivity contribution in [3.8, 4) is 5.75 Å². The lowest BCUT2D eigenvalue weighted by Gasteiger charge is -2.18. The molecule has 0 aliphatic heterocycles. The van der Waals surface area contributed by atoms with Crippen LogP contribution >= 0.6 is 12.2 Å². The van der Waals surface area contributed by atoms with Crippen LogP contribution in [0, 0.1) is 0 Å². The van der Waals surface area contributed by atoms with E-state index >= 15 is 0 Å². The van der Waals surface area contributed by atoms with Crippen molar-refractivity contribution in [3.05, 3.63) is 59.7 Å². The molecule has 1 atom stereocenters. The SMILES string of the molecule is CCOC(=O)c1ccc(NC(=S)N[C@H](C)c2ccc(OC)cc2)cc1. The lowest BCUT2D eigenvalue weighted by molar-refractivity contribution is 0.0526. The average molecular weight is 358 g/mol. The normalized spacial score (nSPS) is 11.3. The van der Waals surface area contributed by atoms with Gasteiger partial charge >= 0.3 is 5.97 Å². The van der Waals surface area contributed by atoms with Gasteiger partial charge in [0.15, 0.2) is 5.11 Å². The second-order valence-corrected chi connectivity index (χ2v) is 5.80. The number of anilines is 1. The summed E-state index contributed by atoms with van der Waals surface area (Å²) in [5.41, 5.74) is 2.41. The molecule has 2 aromatic carbocycles. The van der Waals surface area contributed by atoms with Crippen LogP contribution in [-0.2, 0) is 4.74 Å². The number of benzene rings is 2. The first-order valence-electron chi connectivity index (χ1n) is 8.02. The summed E-state index contributed by atoms with van der Waals surface area (Å²) in [4.78, 5) is 11.6. The Labute approximate surface area is 153 Å². The maximum Gasteiger partial charge on any atom is 0.338 e. The molecule has 6 heteroatoms. The zero-order valence-corrected chi connectivity index (χ0v) is 15.4. The Morgan fingerprint density at radius 1 is 1.12 bits per heavy atom. The van der Waals surface area contributed by atoms with E-state index in [4.69, 9.17) is 21.7 Å². The molecule has 0 bridgehead atoms. The van der Waals surface area contributed by atoms with E-state index in [-0.39, 0.29) is 12.0 Å². The molecule has 0 aromatic heterocycles. The van der Waals surface area contributed by atoms with Crippen LogP contribution in [0.25, 0.3) is 0 Å². The van der Waals surface area contributed by atoms with Gasteiger partial charge < -0.3 is 20.1 Å². The predicted octanol–water partition coefficient (Wildman–Crippen LogP) is 3.92. The third-order valence-corrected chi connectivity index (χ3v) is 3.84. The number of carbonyl (C=O) groups excluding carboxylic acids is 1. The van der Waals surface area contributed by atoms with Crippen molar-refractivity contribution in [2.45, 2.75) is 19.9 Å². The Morgan fingerprint density at radius 3 is 2.32 bits per heavy atom. The summed E-state index contributed by atoms with van der Waals surface area (Å²) in [6.07, 6.45) is 0. The third-order valence-electron chi connectivity index (χ3n) is 3.62. The van der Waals surface area contributed by atoms with Crippen LogP contribution in [0.2, 0.25) is 0 Å². The molecular formula is C19H22N2O3S. The highest BCUT2D eigenvalue weighted by Gasteiger charge is 2.09. The molecule has 0 heterocycles. The molecule has 132 valence electrons. The fourth-order valence-electron chi connectivity index (χ4n) is 2.24. The van der Waals surface area contributed by atoms with Crippen molar-refractivity contribution in [2.24, 2.45) is 0 Å². The monoisotopic (exact) mass is 358 g/mol. The van der Waals surface area contributed by atoms with Crippen molar-refractivity contribution >= 4 is 29.0 Å². The number of hydrogen-bond donors (Lipinski definition) is 2. The molecule has 0 amide bonds. The molecular weight excluding hydrogens is 336 g/mol. The maximum atomic E-state index is 11.6.